The zero-order valence-electron chi connectivity index (χ0n) is 35.8. The first-order valence-electron chi connectivity index (χ1n) is 22.8. The first kappa shape index (κ1) is 45.0. The number of benzene rings is 2. The third-order valence-corrected chi connectivity index (χ3v) is 20.9. The van der Waals surface area contributed by atoms with Crippen molar-refractivity contribution in [3.8, 4) is 0 Å². The average Bonchev–Trinajstić information content (AvgIpc) is 3.91. The van der Waals surface area contributed by atoms with Crippen molar-refractivity contribution in [2.24, 2.45) is 0 Å². The van der Waals surface area contributed by atoms with Gasteiger partial charge in [0.1, 0.15) is 0 Å². The Balaban J connectivity index is 0.000000189. The van der Waals surface area contributed by atoms with Crippen LogP contribution in [0.3, 0.4) is 0 Å². The molecule has 57 heavy (non-hydrogen) atoms. The van der Waals surface area contributed by atoms with Gasteiger partial charge in [0, 0.05) is 6.04 Å². The van der Waals surface area contributed by atoms with Crippen molar-refractivity contribution >= 4 is 26.5 Å². The number of rotatable bonds is 12. The van der Waals surface area contributed by atoms with Crippen molar-refractivity contribution in [2.45, 2.75) is 163 Å². The summed E-state index contributed by atoms with van der Waals surface area (Å²) in [6, 6.07) is 39.5. The molecular formula is C52H72FeN2P2. The summed E-state index contributed by atoms with van der Waals surface area (Å²) in [6.45, 7) is 0. The molecular weight excluding hydrogens is 770 g/mol. The predicted molar refractivity (Wildman–Crippen MR) is 246 cm³/mol. The van der Waals surface area contributed by atoms with Gasteiger partial charge < -0.3 is 62.4 Å². The van der Waals surface area contributed by atoms with Crippen LogP contribution in [0.15, 0.2) is 84.9 Å². The molecule has 0 radical (unpaired) electrons. The van der Waals surface area contributed by atoms with E-state index in [0.717, 1.165) is 22.6 Å². The summed E-state index contributed by atoms with van der Waals surface area (Å²) in [5.41, 5.74) is 9.60. The topological polar surface area (TPSA) is 6.48 Å². The van der Waals surface area contributed by atoms with Crippen LogP contribution in [-0.4, -0.2) is 60.6 Å². The molecule has 0 aliphatic heterocycles. The number of hydrogen-bond donors (Lipinski definition) is 0. The Kier molecular flexibility index (Phi) is 18.1. The van der Waals surface area contributed by atoms with Crippen LogP contribution in [0.1, 0.15) is 163 Å². The van der Waals surface area contributed by atoms with Crippen molar-refractivity contribution in [2.75, 3.05) is 28.2 Å². The largest absolute Gasteiger partial charge is 4.00 e. The fourth-order valence-electron chi connectivity index (χ4n) is 11.2. The fourth-order valence-corrected chi connectivity index (χ4v) is 19.1. The Labute approximate surface area is 362 Å². The summed E-state index contributed by atoms with van der Waals surface area (Å²) < 4.78 is 0. The smallest absolute Gasteiger partial charge is 0.369 e. The molecule has 4 aromatic carbocycles. The van der Waals surface area contributed by atoms with Crippen molar-refractivity contribution in [3.63, 3.8) is 0 Å². The molecule has 0 saturated heterocycles. The SMILES string of the molecule is CN(C)[C@H](c1ccccc1)c1[c-]cc[c-]1P(C1CCCCC1)C1CCCCC1.CN(C)[C@H](c1ccccc1)c1c[c-]c[c-]1P(C1CCCCC1)C1CCCCC1.[Fe+4]. The molecule has 0 amide bonds. The molecule has 2 atom stereocenters. The average molecular weight is 843 g/mol. The monoisotopic (exact) mass is 842 g/mol. The zero-order valence-corrected chi connectivity index (χ0v) is 38.7. The molecule has 0 bridgehead atoms. The van der Waals surface area contributed by atoms with E-state index >= 15 is 0 Å². The normalized spacial score (nSPS) is 20.4. The summed E-state index contributed by atoms with van der Waals surface area (Å²) in [4.78, 5) is 4.79. The van der Waals surface area contributed by atoms with Crippen molar-refractivity contribution in [3.05, 3.63) is 119 Å². The molecule has 4 aliphatic carbocycles. The maximum Gasteiger partial charge on any atom is 4.00 e. The Morgan fingerprint density at radius 2 is 0.912 bits per heavy atom. The van der Waals surface area contributed by atoms with E-state index in [2.05, 4.69) is 135 Å². The van der Waals surface area contributed by atoms with Gasteiger partial charge >= 0.3 is 17.1 Å². The summed E-state index contributed by atoms with van der Waals surface area (Å²) in [6.07, 6.45) is 29.1. The van der Waals surface area contributed by atoms with Gasteiger partial charge in [-0.1, -0.05) is 143 Å². The molecule has 0 aromatic heterocycles. The summed E-state index contributed by atoms with van der Waals surface area (Å²) in [7, 11) is 8.76. The van der Waals surface area contributed by atoms with E-state index in [9.17, 15) is 0 Å². The third kappa shape index (κ3) is 11.4. The Hall–Kier alpha value is -1.56. The molecule has 0 heterocycles. The van der Waals surface area contributed by atoms with Gasteiger partial charge in [-0.2, -0.15) is 0 Å². The van der Waals surface area contributed by atoms with E-state index in [-0.39, 0.29) is 32.9 Å². The van der Waals surface area contributed by atoms with Gasteiger partial charge in [0.15, 0.2) is 0 Å². The van der Waals surface area contributed by atoms with Crippen molar-refractivity contribution < 1.29 is 17.1 Å². The van der Waals surface area contributed by atoms with Gasteiger partial charge in [0.05, 0.1) is 0 Å². The van der Waals surface area contributed by atoms with Crippen LogP contribution >= 0.6 is 15.8 Å². The number of hydrogen-bond acceptors (Lipinski definition) is 2. The van der Waals surface area contributed by atoms with Gasteiger partial charge in [-0.3, -0.25) is 5.56 Å². The Morgan fingerprint density at radius 1 is 0.526 bits per heavy atom. The van der Waals surface area contributed by atoms with E-state index in [0.29, 0.717) is 12.1 Å². The van der Waals surface area contributed by atoms with Crippen LogP contribution in [0.5, 0.6) is 0 Å². The van der Waals surface area contributed by atoms with Crippen LogP contribution in [0.25, 0.3) is 0 Å². The molecule has 0 N–H and O–H groups in total. The summed E-state index contributed by atoms with van der Waals surface area (Å²) in [5.74, 6) is 0. The molecule has 0 spiro atoms. The maximum absolute atomic E-state index is 3.72. The van der Waals surface area contributed by atoms with E-state index < -0.39 is 0 Å². The molecule has 0 unspecified atom stereocenters. The van der Waals surface area contributed by atoms with E-state index in [1.54, 1.807) is 16.2 Å². The summed E-state index contributed by atoms with van der Waals surface area (Å²) >= 11 is 0. The second kappa shape index (κ2) is 22.9. The summed E-state index contributed by atoms with van der Waals surface area (Å²) in [5, 5.41) is 3.38. The molecule has 4 saturated carbocycles. The third-order valence-electron chi connectivity index (χ3n) is 13.8. The van der Waals surface area contributed by atoms with Gasteiger partial charge in [-0.15, -0.1) is 0 Å². The van der Waals surface area contributed by atoms with E-state index in [4.69, 9.17) is 0 Å². The predicted octanol–water partition coefficient (Wildman–Crippen LogP) is 13.3. The van der Waals surface area contributed by atoms with E-state index in [1.165, 1.54) is 145 Å². The van der Waals surface area contributed by atoms with Gasteiger partial charge in [0.2, 0.25) is 0 Å². The molecule has 2 nitrogen and oxygen atoms in total. The van der Waals surface area contributed by atoms with E-state index in [1.807, 2.05) is 0 Å². The number of nitrogens with zero attached hydrogens (tertiary/aromatic N) is 2. The Morgan fingerprint density at radius 3 is 1.32 bits per heavy atom. The van der Waals surface area contributed by atoms with Gasteiger partial charge in [-0.05, 0) is 114 Å². The quantitative estimate of drug-likeness (QED) is 0.0796. The molecule has 4 aliphatic rings. The standard InChI is InChI=1S/2C26H36NP.Fe/c2*1-27(2)26(21-13-6-3-7-14-21)24-19-12-20-25(24)28(22-15-8-4-9-16-22)23-17-10-5-11-18-23;/h3,6-7,13-14,19-20,22-23,26H,4-5,8-11,15-18H2,1-2H3;3,6-7,12-14,20,22-23,26H,4-5,8-11,15-18H2,1-2H3;/q2*-2;+4/t2*26-;/m11./s1. The second-order valence-electron chi connectivity index (χ2n) is 18.1. The van der Waals surface area contributed by atoms with Crippen LogP contribution in [0.2, 0.25) is 0 Å². The van der Waals surface area contributed by atoms with Crippen molar-refractivity contribution in [1.82, 2.24) is 9.80 Å². The van der Waals surface area contributed by atoms with Crippen LogP contribution < -0.4 is 10.6 Å². The molecule has 8 rings (SSSR count). The molecule has 5 heteroatoms. The first-order chi connectivity index (χ1) is 27.5. The maximum atomic E-state index is 3.72. The van der Waals surface area contributed by atoms with Crippen LogP contribution in [0, 0.1) is 12.1 Å². The fraction of sp³-hybridized carbons (Fsp3) is 0.577. The minimum absolute atomic E-state index is 0. The minimum Gasteiger partial charge on any atom is -0.369 e. The first-order valence-corrected chi connectivity index (χ1v) is 25.8. The minimum atomic E-state index is -0.0814. The Bertz CT molecular complexity index is 1510. The molecule has 308 valence electrons. The van der Waals surface area contributed by atoms with Gasteiger partial charge in [0.25, 0.3) is 0 Å². The van der Waals surface area contributed by atoms with Crippen molar-refractivity contribution in [1.29, 1.82) is 0 Å². The van der Waals surface area contributed by atoms with Crippen LogP contribution in [-0.2, 0) is 17.1 Å². The van der Waals surface area contributed by atoms with Gasteiger partial charge in [-0.25, -0.2) is 15.8 Å². The second-order valence-corrected chi connectivity index (χ2v) is 23.6. The van der Waals surface area contributed by atoms with Crippen LogP contribution in [0.4, 0.5) is 0 Å². The molecule has 4 aromatic rings. The zero-order chi connectivity index (χ0) is 38.7. The molecule has 4 fully saturated rings.